The van der Waals surface area contributed by atoms with E-state index < -0.39 is 0 Å². The largest absolute Gasteiger partial charge is 0.351 e. The first-order chi connectivity index (χ1) is 12.3. The van der Waals surface area contributed by atoms with Crippen molar-refractivity contribution in [2.75, 3.05) is 0 Å². The Hall–Kier alpha value is -3.05. The fraction of sp³-hybridized carbons (Fsp3) is 0.0500. The molecule has 0 bridgehead atoms. The molecule has 5 heteroatoms. The van der Waals surface area contributed by atoms with Gasteiger partial charge in [-0.05, 0) is 37.3 Å². The first kappa shape index (κ1) is 15.5. The Balaban J connectivity index is 0.000000136. The van der Waals surface area contributed by atoms with E-state index >= 15 is 0 Å². The van der Waals surface area contributed by atoms with E-state index in [0.29, 0.717) is 0 Å². The fourth-order valence-corrected chi connectivity index (χ4v) is 3.33. The molecule has 0 saturated carbocycles. The fourth-order valence-electron chi connectivity index (χ4n) is 2.57. The van der Waals surface area contributed by atoms with Gasteiger partial charge >= 0.3 is 0 Å². The van der Waals surface area contributed by atoms with Crippen molar-refractivity contribution in [2.45, 2.75) is 6.92 Å². The number of rotatable bonds is 1. The van der Waals surface area contributed by atoms with Gasteiger partial charge in [0, 0.05) is 28.9 Å². The zero-order chi connectivity index (χ0) is 17.1. The van der Waals surface area contributed by atoms with E-state index in [9.17, 15) is 0 Å². The highest BCUT2D eigenvalue weighted by Crippen LogP contribution is 2.25. The van der Waals surface area contributed by atoms with Gasteiger partial charge in [-0.3, -0.25) is 9.97 Å². The number of nitrogens with one attached hydrogen (secondary N) is 1. The van der Waals surface area contributed by atoms with Gasteiger partial charge in [-0.1, -0.05) is 24.3 Å². The number of aryl methyl sites for hydroxylation is 1. The summed E-state index contributed by atoms with van der Waals surface area (Å²) in [5.74, 6) is 0. The maximum atomic E-state index is 4.44. The van der Waals surface area contributed by atoms with E-state index in [-0.39, 0.29) is 0 Å². The smallest absolute Gasteiger partial charge is 0.140 e. The van der Waals surface area contributed by atoms with E-state index in [1.165, 1.54) is 5.39 Å². The average molecular weight is 344 g/mol. The third kappa shape index (κ3) is 3.41. The molecule has 0 unspecified atom stereocenters. The van der Waals surface area contributed by atoms with Crippen LogP contribution in [0.4, 0.5) is 0 Å². The van der Waals surface area contributed by atoms with Crippen LogP contribution < -0.4 is 0 Å². The molecular formula is C20H16N4S. The number of para-hydroxylation sites is 1. The van der Waals surface area contributed by atoms with E-state index in [1.807, 2.05) is 61.0 Å². The van der Waals surface area contributed by atoms with Gasteiger partial charge in [0.15, 0.2) is 0 Å². The summed E-state index contributed by atoms with van der Waals surface area (Å²) >= 11 is 1.65. The summed E-state index contributed by atoms with van der Waals surface area (Å²) in [6.07, 6.45) is 3.61. The molecule has 1 aromatic carbocycles. The lowest BCUT2D eigenvalue weighted by Crippen LogP contribution is -1.75. The van der Waals surface area contributed by atoms with Crippen LogP contribution in [-0.2, 0) is 0 Å². The predicted molar refractivity (Wildman–Crippen MR) is 104 cm³/mol. The van der Waals surface area contributed by atoms with E-state index in [1.54, 1.807) is 17.5 Å². The summed E-state index contributed by atoms with van der Waals surface area (Å²) in [6, 6.07) is 18.1. The quantitative estimate of drug-likeness (QED) is 0.453. The number of hydrogen-bond acceptors (Lipinski definition) is 4. The van der Waals surface area contributed by atoms with Crippen LogP contribution >= 0.6 is 11.3 Å². The summed E-state index contributed by atoms with van der Waals surface area (Å²) in [5.41, 5.74) is 5.20. The second kappa shape index (κ2) is 6.83. The number of thiazole rings is 1. The molecule has 122 valence electrons. The van der Waals surface area contributed by atoms with Gasteiger partial charge in [0.05, 0.1) is 22.2 Å². The molecule has 25 heavy (non-hydrogen) atoms. The number of fused-ring (bicyclic) bond motifs is 2. The Morgan fingerprint density at radius 2 is 1.64 bits per heavy atom. The molecule has 0 fully saturated rings. The maximum absolute atomic E-state index is 4.44. The third-order valence-corrected chi connectivity index (χ3v) is 4.74. The lowest BCUT2D eigenvalue weighted by molar-refractivity contribution is 1.25. The highest BCUT2D eigenvalue weighted by molar-refractivity contribution is 7.13. The molecule has 0 atom stereocenters. The normalized spacial score (nSPS) is 10.6. The second-order valence-corrected chi connectivity index (χ2v) is 6.47. The number of nitrogens with zero attached hydrogens (tertiary/aromatic N) is 3. The SMILES string of the molecule is Cc1csc(-c2cc3ncccc3[nH]2)n1.c1ccc2ncccc2c1. The molecule has 4 aromatic heterocycles. The average Bonchev–Trinajstić information content (AvgIpc) is 3.28. The molecule has 0 radical (unpaired) electrons. The third-order valence-electron chi connectivity index (χ3n) is 3.75. The number of aromatic nitrogens is 4. The minimum atomic E-state index is 0.986. The molecule has 5 rings (SSSR count). The summed E-state index contributed by atoms with van der Waals surface area (Å²) in [6.45, 7) is 2.00. The van der Waals surface area contributed by atoms with Crippen LogP contribution in [0.15, 0.2) is 72.4 Å². The molecular weight excluding hydrogens is 328 g/mol. The molecule has 1 N–H and O–H groups in total. The van der Waals surface area contributed by atoms with Crippen LogP contribution in [0.3, 0.4) is 0 Å². The highest BCUT2D eigenvalue weighted by Gasteiger charge is 2.06. The Labute approximate surface area is 149 Å². The first-order valence-corrected chi connectivity index (χ1v) is 8.83. The van der Waals surface area contributed by atoms with Gasteiger partial charge in [-0.2, -0.15) is 0 Å². The molecule has 4 heterocycles. The molecule has 0 saturated heterocycles. The van der Waals surface area contributed by atoms with Crippen molar-refractivity contribution in [3.63, 3.8) is 0 Å². The number of aromatic amines is 1. The van der Waals surface area contributed by atoms with Gasteiger partial charge in [0.25, 0.3) is 0 Å². The Bertz CT molecular complexity index is 1030. The molecule has 5 aromatic rings. The Morgan fingerprint density at radius 3 is 2.40 bits per heavy atom. The standard InChI is InChI=1S/C11H9N3S.C9H7N/c1-7-6-15-11(13-7)10-5-9-8(14-10)3-2-4-12-9;1-2-6-9-8(4-1)5-3-7-10-9/h2-6,14H,1H3;1-7H. The minimum absolute atomic E-state index is 0.986. The summed E-state index contributed by atoms with van der Waals surface area (Å²) in [5, 5.41) is 4.27. The van der Waals surface area contributed by atoms with Crippen molar-refractivity contribution in [3.8, 4) is 10.7 Å². The number of hydrogen-bond donors (Lipinski definition) is 1. The summed E-state index contributed by atoms with van der Waals surface area (Å²) < 4.78 is 0. The Kier molecular flexibility index (Phi) is 4.23. The van der Waals surface area contributed by atoms with Gasteiger partial charge in [-0.25, -0.2) is 4.98 Å². The van der Waals surface area contributed by atoms with Crippen LogP contribution in [0.1, 0.15) is 5.69 Å². The molecule has 0 aliphatic heterocycles. The van der Waals surface area contributed by atoms with Crippen molar-refractivity contribution in [1.29, 1.82) is 0 Å². The molecule has 4 nitrogen and oxygen atoms in total. The second-order valence-electron chi connectivity index (χ2n) is 5.61. The first-order valence-electron chi connectivity index (χ1n) is 7.95. The summed E-state index contributed by atoms with van der Waals surface area (Å²) in [7, 11) is 0. The topological polar surface area (TPSA) is 54.5 Å². The van der Waals surface area contributed by atoms with Crippen molar-refractivity contribution in [1.82, 2.24) is 19.9 Å². The van der Waals surface area contributed by atoms with Gasteiger partial charge in [0.1, 0.15) is 5.01 Å². The van der Waals surface area contributed by atoms with E-state index in [0.717, 1.165) is 32.9 Å². The number of H-pyrrole nitrogens is 1. The van der Waals surface area contributed by atoms with E-state index in [2.05, 4.69) is 32.1 Å². The molecule has 0 amide bonds. The van der Waals surface area contributed by atoms with Crippen LogP contribution in [-0.4, -0.2) is 19.9 Å². The van der Waals surface area contributed by atoms with Crippen LogP contribution in [0.25, 0.3) is 32.6 Å². The van der Waals surface area contributed by atoms with E-state index in [4.69, 9.17) is 0 Å². The van der Waals surface area contributed by atoms with Crippen molar-refractivity contribution in [2.24, 2.45) is 0 Å². The van der Waals surface area contributed by atoms with Crippen LogP contribution in [0.5, 0.6) is 0 Å². The van der Waals surface area contributed by atoms with Crippen molar-refractivity contribution in [3.05, 3.63) is 78.1 Å². The maximum Gasteiger partial charge on any atom is 0.140 e. The highest BCUT2D eigenvalue weighted by atomic mass is 32.1. The van der Waals surface area contributed by atoms with Crippen molar-refractivity contribution < 1.29 is 0 Å². The molecule has 0 aliphatic carbocycles. The lowest BCUT2D eigenvalue weighted by Gasteiger charge is -1.91. The van der Waals surface area contributed by atoms with Gasteiger partial charge < -0.3 is 4.98 Å². The number of pyridine rings is 2. The zero-order valence-corrected chi connectivity index (χ0v) is 14.5. The zero-order valence-electron chi connectivity index (χ0n) is 13.7. The molecule has 0 spiro atoms. The minimum Gasteiger partial charge on any atom is -0.351 e. The van der Waals surface area contributed by atoms with Crippen LogP contribution in [0.2, 0.25) is 0 Å². The van der Waals surface area contributed by atoms with Gasteiger partial charge in [-0.15, -0.1) is 11.3 Å². The summed E-state index contributed by atoms with van der Waals surface area (Å²) in [4.78, 5) is 16.2. The lowest BCUT2D eigenvalue weighted by atomic mass is 10.2. The predicted octanol–water partition coefficient (Wildman–Crippen LogP) is 5.23. The van der Waals surface area contributed by atoms with Crippen molar-refractivity contribution >= 4 is 33.3 Å². The van der Waals surface area contributed by atoms with Crippen LogP contribution in [0, 0.1) is 6.92 Å². The molecule has 0 aliphatic rings. The van der Waals surface area contributed by atoms with Gasteiger partial charge in [0.2, 0.25) is 0 Å². The Morgan fingerprint density at radius 1 is 0.880 bits per heavy atom. The monoisotopic (exact) mass is 344 g/mol. The number of benzene rings is 1.